The Morgan fingerprint density at radius 1 is 0.812 bits per heavy atom. The molecule has 2 atom stereocenters. The fourth-order valence-corrected chi connectivity index (χ4v) is 2.46. The second kappa shape index (κ2) is 7.22. The number of hydrogen-bond donors (Lipinski definition) is 0. The molecule has 0 aromatic rings. The molecule has 0 saturated carbocycles. The highest BCUT2D eigenvalue weighted by molar-refractivity contribution is 4.75. The van der Waals surface area contributed by atoms with Gasteiger partial charge in [-0.15, -0.1) is 0 Å². The van der Waals surface area contributed by atoms with Crippen molar-refractivity contribution in [2.45, 2.75) is 39.1 Å². The van der Waals surface area contributed by atoms with Gasteiger partial charge in [0.05, 0.1) is 0 Å². The highest BCUT2D eigenvalue weighted by Crippen LogP contribution is 2.13. The lowest BCUT2D eigenvalue weighted by Gasteiger charge is -2.40. The zero-order chi connectivity index (χ0) is 12.0. The van der Waals surface area contributed by atoms with Gasteiger partial charge in [-0.05, 0) is 12.8 Å². The lowest BCUT2D eigenvalue weighted by Crippen LogP contribution is -2.53. The predicted molar refractivity (Wildman–Crippen MR) is 65.3 cm³/mol. The predicted octanol–water partition coefficient (Wildman–Crippen LogP) is 1.37. The Bertz CT molecular complexity index is 154. The van der Waals surface area contributed by atoms with Gasteiger partial charge in [0.15, 0.2) is 0 Å². The average Bonchev–Trinajstić information content (AvgIpc) is 2.34. The number of piperazine rings is 1. The first-order valence-electron chi connectivity index (χ1n) is 6.30. The van der Waals surface area contributed by atoms with Gasteiger partial charge in [0.25, 0.3) is 0 Å². The van der Waals surface area contributed by atoms with Crippen molar-refractivity contribution in [2.24, 2.45) is 0 Å². The van der Waals surface area contributed by atoms with Crippen LogP contribution >= 0.6 is 0 Å². The van der Waals surface area contributed by atoms with Crippen molar-refractivity contribution in [1.82, 2.24) is 9.80 Å². The first-order chi connectivity index (χ1) is 7.76. The van der Waals surface area contributed by atoms with Gasteiger partial charge in [-0.25, -0.2) is 0 Å². The molecule has 1 heterocycles. The lowest BCUT2D eigenvalue weighted by molar-refractivity contribution is -0.0952. The SMILES string of the molecule is CCC(OC)N1CCN(C(CC)OC)CC1. The van der Waals surface area contributed by atoms with Gasteiger partial charge in [0.2, 0.25) is 0 Å². The van der Waals surface area contributed by atoms with Gasteiger partial charge >= 0.3 is 0 Å². The van der Waals surface area contributed by atoms with Crippen LogP contribution in [-0.4, -0.2) is 62.7 Å². The Kier molecular flexibility index (Phi) is 6.28. The van der Waals surface area contributed by atoms with Gasteiger partial charge in [-0.2, -0.15) is 0 Å². The van der Waals surface area contributed by atoms with Crippen molar-refractivity contribution in [2.75, 3.05) is 40.4 Å². The maximum Gasteiger partial charge on any atom is 0.110 e. The summed E-state index contributed by atoms with van der Waals surface area (Å²) in [4.78, 5) is 4.83. The first kappa shape index (κ1) is 13.9. The van der Waals surface area contributed by atoms with Crippen LogP contribution < -0.4 is 0 Å². The summed E-state index contributed by atoms with van der Waals surface area (Å²) in [6.07, 6.45) is 2.67. The summed E-state index contributed by atoms with van der Waals surface area (Å²) in [5.74, 6) is 0. The second-order valence-corrected chi connectivity index (χ2v) is 4.27. The maximum absolute atomic E-state index is 5.46. The van der Waals surface area contributed by atoms with Gasteiger partial charge < -0.3 is 9.47 Å². The van der Waals surface area contributed by atoms with Crippen LogP contribution in [-0.2, 0) is 9.47 Å². The van der Waals surface area contributed by atoms with Crippen LogP contribution in [0.4, 0.5) is 0 Å². The van der Waals surface area contributed by atoms with Gasteiger partial charge in [-0.3, -0.25) is 9.80 Å². The van der Waals surface area contributed by atoms with E-state index in [1.54, 1.807) is 14.2 Å². The number of hydrogen-bond acceptors (Lipinski definition) is 4. The number of nitrogens with zero attached hydrogens (tertiary/aromatic N) is 2. The zero-order valence-corrected chi connectivity index (χ0v) is 11.1. The molecule has 96 valence electrons. The minimum atomic E-state index is 0.282. The summed E-state index contributed by atoms with van der Waals surface area (Å²) in [5, 5.41) is 0. The number of ether oxygens (including phenoxy) is 2. The van der Waals surface area contributed by atoms with Gasteiger partial charge in [0, 0.05) is 40.4 Å². The maximum atomic E-state index is 5.46. The molecule has 1 fully saturated rings. The minimum Gasteiger partial charge on any atom is -0.366 e. The Labute approximate surface area is 99.5 Å². The molecule has 1 aliphatic heterocycles. The monoisotopic (exact) mass is 230 g/mol. The number of methoxy groups -OCH3 is 2. The summed E-state index contributed by atoms with van der Waals surface area (Å²) in [5.41, 5.74) is 0. The molecule has 1 saturated heterocycles. The standard InChI is InChI=1S/C12H26N2O2/c1-5-11(15-3)13-7-9-14(10-8-13)12(6-2)16-4/h11-12H,5-10H2,1-4H3. The topological polar surface area (TPSA) is 24.9 Å². The molecule has 1 aliphatic rings. The zero-order valence-electron chi connectivity index (χ0n) is 11.1. The molecule has 0 bridgehead atoms. The van der Waals surface area contributed by atoms with Gasteiger partial charge in [-0.1, -0.05) is 13.8 Å². The smallest absolute Gasteiger partial charge is 0.110 e. The van der Waals surface area contributed by atoms with E-state index in [-0.39, 0.29) is 12.5 Å². The third-order valence-electron chi connectivity index (χ3n) is 3.41. The Morgan fingerprint density at radius 2 is 1.12 bits per heavy atom. The quantitative estimate of drug-likeness (QED) is 0.688. The van der Waals surface area contributed by atoms with Crippen LogP contribution in [0.15, 0.2) is 0 Å². The van der Waals surface area contributed by atoms with Crippen LogP contribution in [0.3, 0.4) is 0 Å². The molecule has 4 nitrogen and oxygen atoms in total. The molecule has 0 spiro atoms. The fraction of sp³-hybridized carbons (Fsp3) is 1.00. The molecule has 0 amide bonds. The Hall–Kier alpha value is -0.160. The lowest BCUT2D eigenvalue weighted by atomic mass is 10.2. The normalized spacial score (nSPS) is 23.2. The molecular formula is C12H26N2O2. The van der Waals surface area contributed by atoms with E-state index in [9.17, 15) is 0 Å². The third kappa shape index (κ3) is 3.42. The van der Waals surface area contributed by atoms with Crippen LogP contribution in [0, 0.1) is 0 Å². The van der Waals surface area contributed by atoms with E-state index in [1.165, 1.54) is 0 Å². The molecule has 2 unspecified atom stereocenters. The third-order valence-corrected chi connectivity index (χ3v) is 3.41. The van der Waals surface area contributed by atoms with Crippen LogP contribution in [0.25, 0.3) is 0 Å². The summed E-state index contributed by atoms with van der Waals surface area (Å²) in [6.45, 7) is 8.64. The van der Waals surface area contributed by atoms with Gasteiger partial charge in [0.1, 0.15) is 12.5 Å². The van der Waals surface area contributed by atoms with Crippen molar-refractivity contribution in [3.8, 4) is 0 Å². The molecular weight excluding hydrogens is 204 g/mol. The van der Waals surface area contributed by atoms with E-state index in [0.29, 0.717) is 0 Å². The van der Waals surface area contributed by atoms with Crippen molar-refractivity contribution >= 4 is 0 Å². The summed E-state index contributed by atoms with van der Waals surface area (Å²) >= 11 is 0. The summed E-state index contributed by atoms with van der Waals surface area (Å²) in [6, 6.07) is 0. The molecule has 0 aliphatic carbocycles. The summed E-state index contributed by atoms with van der Waals surface area (Å²) < 4.78 is 10.9. The van der Waals surface area contributed by atoms with Crippen LogP contribution in [0.1, 0.15) is 26.7 Å². The Balaban J connectivity index is 2.38. The average molecular weight is 230 g/mol. The summed E-state index contributed by atoms with van der Waals surface area (Å²) in [7, 11) is 3.59. The molecule has 0 aromatic heterocycles. The van der Waals surface area contributed by atoms with E-state index in [4.69, 9.17) is 9.47 Å². The highest BCUT2D eigenvalue weighted by Gasteiger charge is 2.25. The van der Waals surface area contributed by atoms with Crippen LogP contribution in [0.5, 0.6) is 0 Å². The Morgan fingerprint density at radius 3 is 1.31 bits per heavy atom. The number of rotatable bonds is 6. The van der Waals surface area contributed by atoms with Crippen molar-refractivity contribution in [3.05, 3.63) is 0 Å². The largest absolute Gasteiger partial charge is 0.366 e. The van der Waals surface area contributed by atoms with E-state index in [2.05, 4.69) is 23.6 Å². The molecule has 0 N–H and O–H groups in total. The molecule has 4 heteroatoms. The molecule has 1 rings (SSSR count). The van der Waals surface area contributed by atoms with E-state index in [0.717, 1.165) is 39.0 Å². The van der Waals surface area contributed by atoms with Crippen LogP contribution in [0.2, 0.25) is 0 Å². The first-order valence-corrected chi connectivity index (χ1v) is 6.30. The molecule has 16 heavy (non-hydrogen) atoms. The minimum absolute atomic E-state index is 0.282. The van der Waals surface area contributed by atoms with E-state index >= 15 is 0 Å². The van der Waals surface area contributed by atoms with E-state index in [1.807, 2.05) is 0 Å². The second-order valence-electron chi connectivity index (χ2n) is 4.27. The fourth-order valence-electron chi connectivity index (χ4n) is 2.46. The molecule has 0 radical (unpaired) electrons. The van der Waals surface area contributed by atoms with Crippen molar-refractivity contribution in [1.29, 1.82) is 0 Å². The van der Waals surface area contributed by atoms with E-state index < -0.39 is 0 Å². The van der Waals surface area contributed by atoms with Crippen molar-refractivity contribution in [3.63, 3.8) is 0 Å². The van der Waals surface area contributed by atoms with Crippen molar-refractivity contribution < 1.29 is 9.47 Å². The molecule has 0 aromatic carbocycles. The highest BCUT2D eigenvalue weighted by atomic mass is 16.5.